The number of rotatable bonds is 4. The van der Waals surface area contributed by atoms with Crippen molar-refractivity contribution in [2.45, 2.75) is 34.1 Å². The predicted molar refractivity (Wildman–Crippen MR) is 49.8 cm³/mol. The summed E-state index contributed by atoms with van der Waals surface area (Å²) in [6, 6.07) is 0. The third-order valence-corrected chi connectivity index (χ3v) is 1.90. The van der Waals surface area contributed by atoms with E-state index >= 15 is 0 Å². The van der Waals surface area contributed by atoms with E-state index in [1.807, 2.05) is 0 Å². The summed E-state index contributed by atoms with van der Waals surface area (Å²) in [5.74, 6) is -0.295. The molecule has 0 unspecified atom stereocenters. The molecule has 0 spiro atoms. The minimum absolute atomic E-state index is 0.0745. The van der Waals surface area contributed by atoms with Crippen LogP contribution in [0.3, 0.4) is 0 Å². The second-order valence-electron chi connectivity index (χ2n) is 3.87. The molecule has 0 heterocycles. The van der Waals surface area contributed by atoms with Gasteiger partial charge in [0.2, 0.25) is 0 Å². The Bertz CT molecular complexity index is 180. The van der Waals surface area contributed by atoms with Crippen LogP contribution in [0.15, 0.2) is 12.2 Å². The number of hydrogen-bond donors (Lipinski definition) is 0. The van der Waals surface area contributed by atoms with E-state index in [0.29, 0.717) is 12.2 Å². The molecule has 0 aromatic heterocycles. The first-order chi connectivity index (χ1) is 5.39. The Morgan fingerprint density at radius 2 is 2.00 bits per heavy atom. The van der Waals surface area contributed by atoms with Crippen molar-refractivity contribution in [1.29, 1.82) is 0 Å². The fourth-order valence-electron chi connectivity index (χ4n) is 0.486. The summed E-state index contributed by atoms with van der Waals surface area (Å²) < 4.78 is 5.02. The highest BCUT2D eigenvalue weighted by Crippen LogP contribution is 2.19. The third-order valence-electron chi connectivity index (χ3n) is 1.90. The molecule has 0 aromatic rings. The van der Waals surface area contributed by atoms with Gasteiger partial charge in [-0.1, -0.05) is 27.4 Å². The van der Waals surface area contributed by atoms with Gasteiger partial charge in [0.25, 0.3) is 0 Å². The lowest BCUT2D eigenvalue weighted by Crippen LogP contribution is -2.21. The quantitative estimate of drug-likeness (QED) is 0.478. The number of carbonyl (C=O) groups is 1. The zero-order chi connectivity index (χ0) is 9.78. The molecule has 0 radical (unpaired) electrons. The normalized spacial score (nSPS) is 11.0. The van der Waals surface area contributed by atoms with E-state index < -0.39 is 0 Å². The molecule has 0 aliphatic heterocycles. The number of esters is 1. The molecule has 0 amide bonds. The van der Waals surface area contributed by atoms with Gasteiger partial charge in [-0.05, 0) is 18.8 Å². The lowest BCUT2D eigenvalue weighted by atomic mass is 9.92. The van der Waals surface area contributed by atoms with Crippen LogP contribution in [-0.4, -0.2) is 12.6 Å². The number of carbonyl (C=O) groups excluding carboxylic acids is 1. The Labute approximate surface area is 74.6 Å². The zero-order valence-corrected chi connectivity index (χ0v) is 8.44. The predicted octanol–water partition coefficient (Wildman–Crippen LogP) is 2.54. The van der Waals surface area contributed by atoms with E-state index in [9.17, 15) is 4.79 Å². The lowest BCUT2D eigenvalue weighted by Gasteiger charge is -2.21. The summed E-state index contributed by atoms with van der Waals surface area (Å²) in [4.78, 5) is 11.0. The third kappa shape index (κ3) is 4.16. The Morgan fingerprint density at radius 3 is 2.33 bits per heavy atom. The van der Waals surface area contributed by atoms with Crippen molar-refractivity contribution in [2.75, 3.05) is 6.61 Å². The molecule has 0 rings (SSSR count). The summed E-state index contributed by atoms with van der Waals surface area (Å²) >= 11 is 0. The SMILES string of the molecule is C=C(C)C(=O)OCC(C)(C)CC. The van der Waals surface area contributed by atoms with Crippen LogP contribution in [0.1, 0.15) is 34.1 Å². The average Bonchev–Trinajstić information content (AvgIpc) is 2.00. The number of hydrogen-bond acceptors (Lipinski definition) is 2. The Morgan fingerprint density at radius 1 is 1.50 bits per heavy atom. The van der Waals surface area contributed by atoms with E-state index in [1.165, 1.54) is 0 Å². The highest BCUT2D eigenvalue weighted by Gasteiger charge is 2.17. The van der Waals surface area contributed by atoms with Crippen molar-refractivity contribution >= 4 is 5.97 Å². The van der Waals surface area contributed by atoms with Gasteiger partial charge in [-0.25, -0.2) is 4.79 Å². The highest BCUT2D eigenvalue weighted by molar-refractivity contribution is 5.86. The zero-order valence-electron chi connectivity index (χ0n) is 8.44. The summed E-state index contributed by atoms with van der Waals surface area (Å²) in [7, 11) is 0. The van der Waals surface area contributed by atoms with Crippen molar-refractivity contribution in [3.05, 3.63) is 12.2 Å². The van der Waals surface area contributed by atoms with Crippen molar-refractivity contribution < 1.29 is 9.53 Å². The smallest absolute Gasteiger partial charge is 0.333 e. The Hall–Kier alpha value is -0.790. The summed E-state index contributed by atoms with van der Waals surface area (Å²) in [6.07, 6.45) is 0.996. The van der Waals surface area contributed by atoms with Crippen LogP contribution in [0, 0.1) is 5.41 Å². The van der Waals surface area contributed by atoms with Crippen molar-refractivity contribution in [3.63, 3.8) is 0 Å². The van der Waals surface area contributed by atoms with Gasteiger partial charge in [-0.3, -0.25) is 0 Å². The average molecular weight is 170 g/mol. The van der Waals surface area contributed by atoms with Gasteiger partial charge in [0.1, 0.15) is 0 Å². The minimum Gasteiger partial charge on any atom is -0.462 e. The molecular formula is C10H18O2. The summed E-state index contributed by atoms with van der Waals surface area (Å²) in [5.41, 5.74) is 0.535. The first-order valence-electron chi connectivity index (χ1n) is 4.21. The molecule has 0 fully saturated rings. The molecule has 70 valence electrons. The molecule has 0 N–H and O–H groups in total. The molecule has 2 nitrogen and oxygen atoms in total. The van der Waals surface area contributed by atoms with Gasteiger partial charge < -0.3 is 4.74 Å². The fourth-order valence-corrected chi connectivity index (χ4v) is 0.486. The summed E-state index contributed by atoms with van der Waals surface area (Å²) in [5, 5.41) is 0. The van der Waals surface area contributed by atoms with Crippen molar-refractivity contribution in [1.82, 2.24) is 0 Å². The van der Waals surface area contributed by atoms with Crippen molar-refractivity contribution in [3.8, 4) is 0 Å². The minimum atomic E-state index is -0.295. The second-order valence-corrected chi connectivity index (χ2v) is 3.87. The van der Waals surface area contributed by atoms with Crippen LogP contribution in [0.25, 0.3) is 0 Å². The van der Waals surface area contributed by atoms with E-state index in [1.54, 1.807) is 6.92 Å². The monoisotopic (exact) mass is 170 g/mol. The van der Waals surface area contributed by atoms with Gasteiger partial charge in [0.05, 0.1) is 6.61 Å². The van der Waals surface area contributed by atoms with Crippen LogP contribution in [0.5, 0.6) is 0 Å². The Balaban J connectivity index is 3.83. The maximum atomic E-state index is 11.0. The maximum Gasteiger partial charge on any atom is 0.333 e. The maximum absolute atomic E-state index is 11.0. The highest BCUT2D eigenvalue weighted by atomic mass is 16.5. The van der Waals surface area contributed by atoms with Crippen LogP contribution in [0.2, 0.25) is 0 Å². The molecule has 0 saturated heterocycles. The van der Waals surface area contributed by atoms with Crippen LogP contribution in [0.4, 0.5) is 0 Å². The largest absolute Gasteiger partial charge is 0.462 e. The molecule has 0 aliphatic carbocycles. The second kappa shape index (κ2) is 4.29. The van der Waals surface area contributed by atoms with E-state index in [2.05, 4.69) is 27.4 Å². The van der Waals surface area contributed by atoms with Gasteiger partial charge in [0, 0.05) is 5.57 Å². The standard InChI is InChI=1S/C10H18O2/c1-6-10(4,5)7-12-9(11)8(2)3/h2,6-7H2,1,3-5H3. The molecule has 0 bridgehead atoms. The van der Waals surface area contributed by atoms with Gasteiger partial charge >= 0.3 is 5.97 Å². The lowest BCUT2D eigenvalue weighted by molar-refractivity contribution is -0.141. The first kappa shape index (κ1) is 11.2. The van der Waals surface area contributed by atoms with Crippen molar-refractivity contribution in [2.24, 2.45) is 5.41 Å². The molecule has 0 atom stereocenters. The molecule has 0 aromatic carbocycles. The van der Waals surface area contributed by atoms with Crippen LogP contribution in [-0.2, 0) is 9.53 Å². The first-order valence-corrected chi connectivity index (χ1v) is 4.21. The van der Waals surface area contributed by atoms with E-state index in [-0.39, 0.29) is 11.4 Å². The van der Waals surface area contributed by atoms with Crippen LogP contribution < -0.4 is 0 Å². The van der Waals surface area contributed by atoms with Gasteiger partial charge in [-0.15, -0.1) is 0 Å². The topological polar surface area (TPSA) is 26.3 Å². The van der Waals surface area contributed by atoms with E-state index in [4.69, 9.17) is 4.74 Å². The molecule has 2 heteroatoms. The van der Waals surface area contributed by atoms with E-state index in [0.717, 1.165) is 6.42 Å². The van der Waals surface area contributed by atoms with Crippen LogP contribution >= 0.6 is 0 Å². The fraction of sp³-hybridized carbons (Fsp3) is 0.700. The summed E-state index contributed by atoms with van der Waals surface area (Å²) in [6.45, 7) is 11.8. The van der Waals surface area contributed by atoms with Gasteiger partial charge in [-0.2, -0.15) is 0 Å². The molecule has 0 saturated carbocycles. The molecule has 12 heavy (non-hydrogen) atoms. The number of ether oxygens (including phenoxy) is 1. The Kier molecular flexibility index (Phi) is 4.01. The van der Waals surface area contributed by atoms with Gasteiger partial charge in [0.15, 0.2) is 0 Å². The molecule has 0 aliphatic rings. The molecular weight excluding hydrogens is 152 g/mol.